The van der Waals surface area contributed by atoms with Crippen LogP contribution in [0.5, 0.6) is 0 Å². The maximum Gasteiger partial charge on any atom is 0.315 e. The summed E-state index contributed by atoms with van der Waals surface area (Å²) in [6.07, 6.45) is 9.61. The summed E-state index contributed by atoms with van der Waals surface area (Å²) in [6, 6.07) is 10.2. The Morgan fingerprint density at radius 2 is 2.00 bits per heavy atom. The Labute approximate surface area is 138 Å². The number of benzene rings is 1. The van der Waals surface area contributed by atoms with Crippen molar-refractivity contribution in [2.75, 3.05) is 6.61 Å². The first-order valence-electron chi connectivity index (χ1n) is 8.65. The molecule has 0 heterocycles. The van der Waals surface area contributed by atoms with E-state index in [2.05, 4.69) is 22.8 Å². The number of aliphatic hydroxyl groups excluding tert-OH is 1. The van der Waals surface area contributed by atoms with Crippen molar-refractivity contribution >= 4 is 6.03 Å². The summed E-state index contributed by atoms with van der Waals surface area (Å²) in [4.78, 5) is 12.3. The summed E-state index contributed by atoms with van der Waals surface area (Å²) in [5, 5.41) is 15.3. The molecule has 1 aromatic rings. The monoisotopic (exact) mass is 314 g/mol. The highest BCUT2D eigenvalue weighted by molar-refractivity contribution is 5.75. The molecule has 23 heavy (non-hydrogen) atoms. The minimum atomic E-state index is -0.119. The zero-order valence-corrected chi connectivity index (χ0v) is 13.4. The molecule has 0 bridgehead atoms. The van der Waals surface area contributed by atoms with Gasteiger partial charge >= 0.3 is 6.03 Å². The van der Waals surface area contributed by atoms with E-state index in [0.29, 0.717) is 0 Å². The van der Waals surface area contributed by atoms with Crippen LogP contribution >= 0.6 is 0 Å². The largest absolute Gasteiger partial charge is 0.396 e. The van der Waals surface area contributed by atoms with Gasteiger partial charge in [-0.05, 0) is 24.3 Å². The Morgan fingerprint density at radius 1 is 1.22 bits per heavy atom. The topological polar surface area (TPSA) is 61.4 Å². The Morgan fingerprint density at radius 3 is 2.61 bits per heavy atom. The van der Waals surface area contributed by atoms with Gasteiger partial charge in [-0.25, -0.2) is 4.79 Å². The lowest BCUT2D eigenvalue weighted by atomic mass is 9.79. The van der Waals surface area contributed by atoms with E-state index < -0.39 is 0 Å². The third kappa shape index (κ3) is 4.35. The lowest BCUT2D eigenvalue weighted by Crippen LogP contribution is -2.43. The fourth-order valence-electron chi connectivity index (χ4n) is 3.41. The van der Waals surface area contributed by atoms with Crippen LogP contribution in [0.2, 0.25) is 0 Å². The number of nitrogens with one attached hydrogen (secondary N) is 2. The second-order valence-electron chi connectivity index (χ2n) is 6.78. The van der Waals surface area contributed by atoms with Gasteiger partial charge in [-0.1, -0.05) is 61.7 Å². The Balaban J connectivity index is 1.57. The van der Waals surface area contributed by atoms with Crippen LogP contribution < -0.4 is 10.6 Å². The van der Waals surface area contributed by atoms with Crippen molar-refractivity contribution in [1.82, 2.24) is 10.6 Å². The maximum absolute atomic E-state index is 12.3. The summed E-state index contributed by atoms with van der Waals surface area (Å²) in [7, 11) is 0. The molecule has 0 aromatic heterocycles. The Hall–Kier alpha value is -1.81. The second kappa shape index (κ2) is 7.64. The van der Waals surface area contributed by atoms with E-state index in [1.54, 1.807) is 0 Å². The molecular formula is C19H26N2O2. The van der Waals surface area contributed by atoms with E-state index in [1.165, 1.54) is 24.8 Å². The normalized spacial score (nSPS) is 24.9. The van der Waals surface area contributed by atoms with Crippen molar-refractivity contribution in [1.29, 1.82) is 0 Å². The first kappa shape index (κ1) is 16.1. The van der Waals surface area contributed by atoms with E-state index in [9.17, 15) is 4.79 Å². The summed E-state index contributed by atoms with van der Waals surface area (Å²) in [5.41, 5.74) is 1.17. The fourth-order valence-corrected chi connectivity index (χ4v) is 3.41. The molecule has 1 unspecified atom stereocenters. The van der Waals surface area contributed by atoms with Crippen LogP contribution in [0.15, 0.2) is 42.5 Å². The van der Waals surface area contributed by atoms with Crippen LogP contribution in [-0.4, -0.2) is 23.8 Å². The second-order valence-corrected chi connectivity index (χ2v) is 6.78. The van der Waals surface area contributed by atoms with Gasteiger partial charge in [0.1, 0.15) is 0 Å². The number of carbonyl (C=O) groups is 1. The maximum atomic E-state index is 12.3. The molecule has 1 fully saturated rings. The molecule has 3 atom stereocenters. The molecule has 1 aromatic carbocycles. The van der Waals surface area contributed by atoms with Crippen molar-refractivity contribution in [2.45, 2.75) is 44.2 Å². The van der Waals surface area contributed by atoms with Gasteiger partial charge in [-0.2, -0.15) is 0 Å². The molecule has 1 saturated carbocycles. The minimum Gasteiger partial charge on any atom is -0.396 e. The van der Waals surface area contributed by atoms with Gasteiger partial charge < -0.3 is 15.7 Å². The SMILES string of the molecule is O=C(NC(CC1CCC1)c1ccccc1)N[C@@H]1C=C[C@H](CO)C1. The van der Waals surface area contributed by atoms with E-state index in [4.69, 9.17) is 5.11 Å². The van der Waals surface area contributed by atoms with Gasteiger partial charge in [0.2, 0.25) is 0 Å². The molecule has 0 radical (unpaired) electrons. The number of urea groups is 1. The molecule has 0 aliphatic heterocycles. The van der Waals surface area contributed by atoms with E-state index >= 15 is 0 Å². The van der Waals surface area contributed by atoms with Gasteiger partial charge in [0.25, 0.3) is 0 Å². The molecule has 3 N–H and O–H groups in total. The van der Waals surface area contributed by atoms with Crippen molar-refractivity contribution < 1.29 is 9.90 Å². The van der Waals surface area contributed by atoms with Crippen molar-refractivity contribution in [3.05, 3.63) is 48.0 Å². The third-order valence-corrected chi connectivity index (χ3v) is 5.02. The average molecular weight is 314 g/mol. The number of aliphatic hydroxyl groups is 1. The number of hydrogen-bond donors (Lipinski definition) is 3. The zero-order chi connectivity index (χ0) is 16.1. The third-order valence-electron chi connectivity index (χ3n) is 5.02. The van der Waals surface area contributed by atoms with Crippen molar-refractivity contribution in [3.8, 4) is 0 Å². The first-order valence-corrected chi connectivity index (χ1v) is 8.65. The van der Waals surface area contributed by atoms with Crippen LogP contribution in [0.4, 0.5) is 4.79 Å². The average Bonchev–Trinajstić information content (AvgIpc) is 2.98. The number of amides is 2. The molecule has 0 saturated heterocycles. The molecule has 2 aliphatic rings. The van der Waals surface area contributed by atoms with E-state index in [0.717, 1.165) is 18.8 Å². The van der Waals surface area contributed by atoms with Crippen molar-refractivity contribution in [3.63, 3.8) is 0 Å². The molecule has 0 spiro atoms. The highest BCUT2D eigenvalue weighted by Crippen LogP contribution is 2.34. The molecule has 2 aliphatic carbocycles. The Kier molecular flexibility index (Phi) is 5.34. The fraction of sp³-hybridized carbons (Fsp3) is 0.526. The smallest absolute Gasteiger partial charge is 0.315 e. The molecule has 2 amide bonds. The van der Waals surface area contributed by atoms with Crippen LogP contribution in [0.3, 0.4) is 0 Å². The molecule has 4 nitrogen and oxygen atoms in total. The van der Waals surface area contributed by atoms with Crippen LogP contribution in [0, 0.1) is 11.8 Å². The number of rotatable bonds is 6. The predicted octanol–water partition coefficient (Wildman–Crippen LogP) is 3.15. The highest BCUT2D eigenvalue weighted by atomic mass is 16.3. The van der Waals surface area contributed by atoms with Crippen LogP contribution in [0.1, 0.15) is 43.7 Å². The quantitative estimate of drug-likeness (QED) is 0.706. The summed E-state index contributed by atoms with van der Waals surface area (Å²) in [5.74, 6) is 0.894. The zero-order valence-electron chi connectivity index (χ0n) is 13.4. The van der Waals surface area contributed by atoms with Gasteiger partial charge in [0.15, 0.2) is 0 Å². The summed E-state index contributed by atoms with van der Waals surface area (Å²) >= 11 is 0. The predicted molar refractivity (Wildman–Crippen MR) is 90.9 cm³/mol. The van der Waals surface area contributed by atoms with Gasteiger partial charge in [0, 0.05) is 18.6 Å². The Bertz CT molecular complexity index is 540. The summed E-state index contributed by atoms with van der Waals surface area (Å²) in [6.45, 7) is 0.143. The van der Waals surface area contributed by atoms with Gasteiger partial charge in [0.05, 0.1) is 6.04 Å². The highest BCUT2D eigenvalue weighted by Gasteiger charge is 2.25. The molecular weight excluding hydrogens is 288 g/mol. The number of carbonyl (C=O) groups excluding carboxylic acids is 1. The lowest BCUT2D eigenvalue weighted by Gasteiger charge is -2.30. The van der Waals surface area contributed by atoms with Gasteiger partial charge in [-0.3, -0.25) is 0 Å². The van der Waals surface area contributed by atoms with E-state index in [-0.39, 0.29) is 30.6 Å². The molecule has 4 heteroatoms. The van der Waals surface area contributed by atoms with Crippen LogP contribution in [-0.2, 0) is 0 Å². The molecule has 124 valence electrons. The van der Waals surface area contributed by atoms with E-state index in [1.807, 2.05) is 30.4 Å². The number of hydrogen-bond acceptors (Lipinski definition) is 2. The molecule has 3 rings (SSSR count). The minimum absolute atomic E-state index is 0.0206. The standard InChI is InChI=1S/C19H26N2O2/c22-13-15-9-10-17(11-15)20-19(23)21-18(12-14-5-4-6-14)16-7-2-1-3-8-16/h1-3,7-10,14-15,17-18,22H,4-6,11-13H2,(H2,20,21,23)/t15-,17+,18?/m0/s1. The van der Waals surface area contributed by atoms with Gasteiger partial charge in [-0.15, -0.1) is 0 Å². The summed E-state index contributed by atoms with van der Waals surface area (Å²) < 4.78 is 0. The van der Waals surface area contributed by atoms with Crippen LogP contribution in [0.25, 0.3) is 0 Å². The first-order chi connectivity index (χ1) is 11.2. The lowest BCUT2D eigenvalue weighted by molar-refractivity contribution is 0.220. The van der Waals surface area contributed by atoms with Crippen molar-refractivity contribution in [2.24, 2.45) is 11.8 Å².